The van der Waals surface area contributed by atoms with E-state index in [4.69, 9.17) is 14.5 Å². The lowest BCUT2D eigenvalue weighted by Gasteiger charge is -2.15. The van der Waals surface area contributed by atoms with Gasteiger partial charge in [0.2, 0.25) is 0 Å². The summed E-state index contributed by atoms with van der Waals surface area (Å²) in [6.07, 6.45) is 5.10. The monoisotopic (exact) mass is 303 g/mol. The van der Waals surface area contributed by atoms with Crippen LogP contribution in [-0.4, -0.2) is 38.4 Å². The quantitative estimate of drug-likeness (QED) is 0.624. The Morgan fingerprint density at radius 3 is 3.00 bits per heavy atom. The van der Waals surface area contributed by atoms with Crippen molar-refractivity contribution in [2.45, 2.75) is 44.4 Å². The molecule has 3 rings (SSSR count). The first-order valence-corrected chi connectivity index (χ1v) is 8.13. The zero-order valence-electron chi connectivity index (χ0n) is 13.2. The summed E-state index contributed by atoms with van der Waals surface area (Å²) in [6, 6.07) is 8.63. The molecule has 1 aromatic rings. The van der Waals surface area contributed by atoms with Gasteiger partial charge in [0.1, 0.15) is 5.75 Å². The Labute approximate surface area is 132 Å². The van der Waals surface area contributed by atoms with Gasteiger partial charge in [0, 0.05) is 19.2 Å². The van der Waals surface area contributed by atoms with Gasteiger partial charge in [0.05, 0.1) is 19.8 Å². The Hall–Kier alpha value is -1.75. The first-order valence-electron chi connectivity index (χ1n) is 8.13. The number of aliphatic imine (C=N–C) groups is 1. The van der Waals surface area contributed by atoms with E-state index in [0.717, 1.165) is 36.8 Å². The first kappa shape index (κ1) is 15.2. The van der Waals surface area contributed by atoms with Crippen molar-refractivity contribution in [2.24, 2.45) is 4.99 Å². The number of nitrogens with one attached hydrogen (secondary N) is 2. The zero-order valence-corrected chi connectivity index (χ0v) is 13.2. The predicted octanol–water partition coefficient (Wildman–Crippen LogP) is 2.07. The topological polar surface area (TPSA) is 54.9 Å². The molecule has 2 fully saturated rings. The number of guanidine groups is 1. The number of hydrogen-bond acceptors (Lipinski definition) is 3. The highest BCUT2D eigenvalue weighted by molar-refractivity contribution is 5.80. The van der Waals surface area contributed by atoms with Gasteiger partial charge >= 0.3 is 0 Å². The van der Waals surface area contributed by atoms with Crippen LogP contribution in [-0.2, 0) is 11.3 Å². The molecule has 1 heterocycles. The van der Waals surface area contributed by atoms with Gasteiger partial charge in [-0.3, -0.25) is 0 Å². The van der Waals surface area contributed by atoms with Crippen LogP contribution in [0.15, 0.2) is 29.3 Å². The summed E-state index contributed by atoms with van der Waals surface area (Å²) in [5, 5.41) is 6.88. The number of nitrogens with zero attached hydrogens (tertiary/aromatic N) is 1. The first-order chi connectivity index (χ1) is 10.8. The van der Waals surface area contributed by atoms with Gasteiger partial charge in [-0.2, -0.15) is 0 Å². The van der Waals surface area contributed by atoms with E-state index in [-0.39, 0.29) is 0 Å². The lowest BCUT2D eigenvalue weighted by atomic mass is 10.2. The number of benzene rings is 1. The van der Waals surface area contributed by atoms with Crippen LogP contribution in [0, 0.1) is 0 Å². The lowest BCUT2D eigenvalue weighted by Crippen LogP contribution is -2.42. The van der Waals surface area contributed by atoms with Crippen molar-refractivity contribution in [2.75, 3.05) is 20.3 Å². The van der Waals surface area contributed by atoms with E-state index in [0.29, 0.717) is 18.7 Å². The summed E-state index contributed by atoms with van der Waals surface area (Å²) >= 11 is 0. The smallest absolute Gasteiger partial charge is 0.191 e. The Morgan fingerprint density at radius 1 is 1.36 bits per heavy atom. The van der Waals surface area contributed by atoms with E-state index in [9.17, 15) is 0 Å². The molecule has 0 spiro atoms. The molecule has 5 heteroatoms. The molecule has 1 aliphatic heterocycles. The second-order valence-corrected chi connectivity index (χ2v) is 5.95. The minimum Gasteiger partial charge on any atom is -0.497 e. The van der Waals surface area contributed by atoms with E-state index in [2.05, 4.69) is 16.7 Å². The summed E-state index contributed by atoms with van der Waals surface area (Å²) in [7, 11) is 1.69. The van der Waals surface area contributed by atoms with Crippen molar-refractivity contribution in [1.82, 2.24) is 10.6 Å². The molecule has 2 N–H and O–H groups in total. The minimum absolute atomic E-state index is 0.322. The average Bonchev–Trinajstić information content (AvgIpc) is 3.22. The van der Waals surface area contributed by atoms with Crippen LogP contribution in [0.3, 0.4) is 0 Å². The largest absolute Gasteiger partial charge is 0.497 e. The zero-order chi connectivity index (χ0) is 15.2. The fourth-order valence-corrected chi connectivity index (χ4v) is 2.53. The van der Waals surface area contributed by atoms with Gasteiger partial charge in [-0.1, -0.05) is 12.1 Å². The molecule has 2 aliphatic rings. The third-order valence-electron chi connectivity index (χ3n) is 3.99. The molecule has 1 saturated heterocycles. The summed E-state index contributed by atoms with van der Waals surface area (Å²) < 4.78 is 10.9. The highest BCUT2D eigenvalue weighted by atomic mass is 16.5. The third-order valence-corrected chi connectivity index (χ3v) is 3.99. The maximum Gasteiger partial charge on any atom is 0.191 e. The molecule has 120 valence electrons. The van der Waals surface area contributed by atoms with Crippen LogP contribution in [0.2, 0.25) is 0 Å². The summed E-state index contributed by atoms with van der Waals surface area (Å²) in [6.45, 7) is 2.36. The van der Waals surface area contributed by atoms with Crippen molar-refractivity contribution in [1.29, 1.82) is 0 Å². The molecule has 1 aromatic carbocycles. The molecule has 0 bridgehead atoms. The molecule has 1 atom stereocenters. The van der Waals surface area contributed by atoms with E-state index >= 15 is 0 Å². The van der Waals surface area contributed by atoms with Crippen LogP contribution in [0.5, 0.6) is 5.75 Å². The molecule has 1 saturated carbocycles. The summed E-state index contributed by atoms with van der Waals surface area (Å²) in [5.41, 5.74) is 1.15. The van der Waals surface area contributed by atoms with Crippen molar-refractivity contribution >= 4 is 5.96 Å². The Bertz CT molecular complexity index is 508. The molecular formula is C17H25N3O2. The Morgan fingerprint density at radius 2 is 2.27 bits per heavy atom. The number of hydrogen-bond donors (Lipinski definition) is 2. The van der Waals surface area contributed by atoms with E-state index in [1.165, 1.54) is 19.3 Å². The molecular weight excluding hydrogens is 278 g/mol. The van der Waals surface area contributed by atoms with Crippen molar-refractivity contribution < 1.29 is 9.47 Å². The van der Waals surface area contributed by atoms with E-state index in [1.54, 1.807) is 7.11 Å². The van der Waals surface area contributed by atoms with Crippen molar-refractivity contribution in [3.05, 3.63) is 29.8 Å². The summed E-state index contributed by atoms with van der Waals surface area (Å²) in [4.78, 5) is 4.69. The molecule has 22 heavy (non-hydrogen) atoms. The van der Waals surface area contributed by atoms with Crippen LogP contribution in [0.25, 0.3) is 0 Å². The maximum absolute atomic E-state index is 5.66. The Balaban J connectivity index is 1.56. The van der Waals surface area contributed by atoms with Gasteiger partial charge in [-0.15, -0.1) is 0 Å². The fraction of sp³-hybridized carbons (Fsp3) is 0.588. The summed E-state index contributed by atoms with van der Waals surface area (Å²) in [5.74, 6) is 1.76. The fourth-order valence-electron chi connectivity index (χ4n) is 2.53. The van der Waals surface area contributed by atoms with Crippen LogP contribution < -0.4 is 15.4 Å². The van der Waals surface area contributed by atoms with Gasteiger partial charge in [0.25, 0.3) is 0 Å². The van der Waals surface area contributed by atoms with E-state index < -0.39 is 0 Å². The Kier molecular flexibility index (Phi) is 5.16. The molecule has 0 amide bonds. The normalized spacial score (nSPS) is 21.7. The second kappa shape index (κ2) is 7.49. The number of rotatable bonds is 6. The van der Waals surface area contributed by atoms with Gasteiger partial charge in [-0.05, 0) is 43.4 Å². The molecule has 0 unspecified atom stereocenters. The minimum atomic E-state index is 0.322. The van der Waals surface area contributed by atoms with Crippen LogP contribution in [0.1, 0.15) is 31.2 Å². The van der Waals surface area contributed by atoms with Gasteiger partial charge in [0.15, 0.2) is 5.96 Å². The number of ether oxygens (including phenoxy) is 2. The van der Waals surface area contributed by atoms with Crippen LogP contribution in [0.4, 0.5) is 0 Å². The maximum atomic E-state index is 5.66. The lowest BCUT2D eigenvalue weighted by molar-refractivity contribution is 0.113. The van der Waals surface area contributed by atoms with Gasteiger partial charge < -0.3 is 20.1 Å². The average molecular weight is 303 g/mol. The highest BCUT2D eigenvalue weighted by Crippen LogP contribution is 2.19. The molecule has 5 nitrogen and oxygen atoms in total. The van der Waals surface area contributed by atoms with Crippen LogP contribution >= 0.6 is 0 Å². The van der Waals surface area contributed by atoms with Crippen molar-refractivity contribution in [3.63, 3.8) is 0 Å². The second-order valence-electron chi connectivity index (χ2n) is 5.95. The molecule has 0 radical (unpaired) electrons. The van der Waals surface area contributed by atoms with E-state index in [1.807, 2.05) is 18.2 Å². The SMILES string of the molecule is COc1cccc(CN=C(NC[C@H]2CCCO2)NC2CC2)c1. The van der Waals surface area contributed by atoms with Crippen molar-refractivity contribution in [3.8, 4) is 5.75 Å². The third kappa shape index (κ3) is 4.63. The molecule has 0 aromatic heterocycles. The van der Waals surface area contributed by atoms with Gasteiger partial charge in [-0.25, -0.2) is 4.99 Å². The highest BCUT2D eigenvalue weighted by Gasteiger charge is 2.23. The number of methoxy groups -OCH3 is 1. The standard InChI is InChI=1S/C17H25N3O2/c1-21-15-5-2-4-13(10-15)11-18-17(20-14-7-8-14)19-12-16-6-3-9-22-16/h2,4-5,10,14,16H,3,6-9,11-12H2,1H3,(H2,18,19,20)/t16-/m1/s1. The predicted molar refractivity (Wildman–Crippen MR) is 87.3 cm³/mol. The molecule has 1 aliphatic carbocycles.